The number of pyridine rings is 1. The average molecular weight is 251 g/mol. The zero-order valence-electron chi connectivity index (χ0n) is 8.47. The Bertz CT molecular complexity index is 522. The van der Waals surface area contributed by atoms with Gasteiger partial charge in [0.1, 0.15) is 17.4 Å². The SMILES string of the molecule is Cc1nsc(Sc2ccnc(C(=N)N)c2)n1. The third-order valence-electron chi connectivity index (χ3n) is 1.72. The number of hydrogen-bond acceptors (Lipinski definition) is 6. The fourth-order valence-electron chi connectivity index (χ4n) is 1.04. The number of nitrogens with zero attached hydrogens (tertiary/aromatic N) is 3. The Morgan fingerprint density at radius 3 is 3.00 bits per heavy atom. The van der Waals surface area contributed by atoms with Crippen molar-refractivity contribution in [1.82, 2.24) is 14.3 Å². The summed E-state index contributed by atoms with van der Waals surface area (Å²) in [6.07, 6.45) is 1.63. The number of nitrogen functional groups attached to an aromatic ring is 1. The fraction of sp³-hybridized carbons (Fsp3) is 0.111. The van der Waals surface area contributed by atoms with Crippen molar-refractivity contribution < 1.29 is 0 Å². The zero-order chi connectivity index (χ0) is 11.5. The molecule has 0 saturated carbocycles. The lowest BCUT2D eigenvalue weighted by Gasteiger charge is -2.00. The predicted molar refractivity (Wildman–Crippen MR) is 64.0 cm³/mol. The molecule has 7 heteroatoms. The number of amidine groups is 1. The lowest BCUT2D eigenvalue weighted by atomic mass is 10.3. The topological polar surface area (TPSA) is 88.5 Å². The lowest BCUT2D eigenvalue weighted by molar-refractivity contribution is 1.10. The first-order chi connectivity index (χ1) is 7.65. The van der Waals surface area contributed by atoms with Crippen LogP contribution < -0.4 is 5.73 Å². The monoisotopic (exact) mass is 251 g/mol. The summed E-state index contributed by atoms with van der Waals surface area (Å²) in [6, 6.07) is 3.62. The van der Waals surface area contributed by atoms with Crippen LogP contribution in [-0.4, -0.2) is 20.2 Å². The van der Waals surface area contributed by atoms with Gasteiger partial charge in [0.25, 0.3) is 0 Å². The minimum absolute atomic E-state index is 0.0316. The molecule has 3 N–H and O–H groups in total. The lowest BCUT2D eigenvalue weighted by Crippen LogP contribution is -2.12. The minimum Gasteiger partial charge on any atom is -0.382 e. The molecule has 0 aliphatic rings. The maximum Gasteiger partial charge on any atom is 0.174 e. The molecule has 2 aromatic rings. The minimum atomic E-state index is -0.0316. The normalized spacial score (nSPS) is 10.3. The fourth-order valence-corrected chi connectivity index (χ4v) is 2.69. The highest BCUT2D eigenvalue weighted by Gasteiger charge is 2.05. The van der Waals surface area contributed by atoms with Crippen LogP contribution in [0.15, 0.2) is 27.6 Å². The highest BCUT2D eigenvalue weighted by Crippen LogP contribution is 2.28. The van der Waals surface area contributed by atoms with E-state index in [0.29, 0.717) is 5.69 Å². The molecule has 2 rings (SSSR count). The van der Waals surface area contributed by atoms with Crippen LogP contribution >= 0.6 is 23.3 Å². The van der Waals surface area contributed by atoms with E-state index in [-0.39, 0.29) is 5.84 Å². The summed E-state index contributed by atoms with van der Waals surface area (Å²) in [6.45, 7) is 1.86. The van der Waals surface area contributed by atoms with Crippen molar-refractivity contribution in [3.8, 4) is 0 Å². The second-order valence-electron chi connectivity index (χ2n) is 3.00. The van der Waals surface area contributed by atoms with E-state index in [9.17, 15) is 0 Å². The Labute approximate surface area is 101 Å². The van der Waals surface area contributed by atoms with Crippen LogP contribution in [0, 0.1) is 12.3 Å². The summed E-state index contributed by atoms with van der Waals surface area (Å²) in [7, 11) is 0. The first kappa shape index (κ1) is 11.0. The Morgan fingerprint density at radius 2 is 2.38 bits per heavy atom. The summed E-state index contributed by atoms with van der Waals surface area (Å²) < 4.78 is 4.97. The van der Waals surface area contributed by atoms with Crippen molar-refractivity contribution in [1.29, 1.82) is 5.41 Å². The number of rotatable bonds is 3. The predicted octanol–water partition coefficient (Wildman–Crippen LogP) is 1.68. The van der Waals surface area contributed by atoms with Gasteiger partial charge in [-0.05, 0) is 30.6 Å². The Kier molecular flexibility index (Phi) is 3.16. The summed E-state index contributed by atoms with van der Waals surface area (Å²) in [5.74, 6) is 0.740. The van der Waals surface area contributed by atoms with Gasteiger partial charge in [0.15, 0.2) is 4.34 Å². The number of aromatic nitrogens is 3. The third-order valence-corrected chi connectivity index (χ3v) is 3.55. The smallest absolute Gasteiger partial charge is 0.174 e. The zero-order valence-corrected chi connectivity index (χ0v) is 10.1. The van der Waals surface area contributed by atoms with Gasteiger partial charge < -0.3 is 5.73 Å². The highest BCUT2D eigenvalue weighted by atomic mass is 32.2. The first-order valence-electron chi connectivity index (χ1n) is 4.44. The summed E-state index contributed by atoms with van der Waals surface area (Å²) in [4.78, 5) is 9.19. The van der Waals surface area contributed by atoms with Crippen LogP contribution in [-0.2, 0) is 0 Å². The largest absolute Gasteiger partial charge is 0.382 e. The Balaban J connectivity index is 2.21. The molecule has 0 saturated heterocycles. The molecule has 5 nitrogen and oxygen atoms in total. The van der Waals surface area contributed by atoms with Gasteiger partial charge in [0.2, 0.25) is 0 Å². The van der Waals surface area contributed by atoms with Gasteiger partial charge in [0, 0.05) is 11.1 Å². The van der Waals surface area contributed by atoms with Crippen molar-refractivity contribution in [2.45, 2.75) is 16.2 Å². The van der Waals surface area contributed by atoms with E-state index in [1.807, 2.05) is 13.0 Å². The number of hydrogen-bond donors (Lipinski definition) is 2. The maximum atomic E-state index is 7.30. The molecule has 0 amide bonds. The van der Waals surface area contributed by atoms with Gasteiger partial charge in [-0.15, -0.1) is 0 Å². The molecule has 2 heterocycles. The molecule has 0 aliphatic carbocycles. The molecule has 0 spiro atoms. The van der Waals surface area contributed by atoms with Gasteiger partial charge in [0.05, 0.1) is 0 Å². The first-order valence-corrected chi connectivity index (χ1v) is 6.03. The number of nitrogens with two attached hydrogens (primary N) is 1. The molecule has 0 radical (unpaired) electrons. The molecule has 0 aliphatic heterocycles. The van der Waals surface area contributed by atoms with E-state index >= 15 is 0 Å². The molecular weight excluding hydrogens is 242 g/mol. The molecule has 0 unspecified atom stereocenters. The van der Waals surface area contributed by atoms with Gasteiger partial charge in [-0.3, -0.25) is 10.4 Å². The van der Waals surface area contributed by atoms with E-state index in [2.05, 4.69) is 14.3 Å². The number of nitrogens with one attached hydrogen (secondary N) is 1. The summed E-state index contributed by atoms with van der Waals surface area (Å²) in [5.41, 5.74) is 5.84. The van der Waals surface area contributed by atoms with Crippen LogP contribution in [0.4, 0.5) is 0 Å². The van der Waals surface area contributed by atoms with E-state index in [1.54, 1.807) is 12.3 Å². The molecule has 2 aromatic heterocycles. The number of aryl methyl sites for hydroxylation is 1. The summed E-state index contributed by atoms with van der Waals surface area (Å²) >= 11 is 2.85. The van der Waals surface area contributed by atoms with E-state index in [0.717, 1.165) is 15.1 Å². The molecule has 0 atom stereocenters. The van der Waals surface area contributed by atoms with Crippen molar-refractivity contribution in [3.63, 3.8) is 0 Å². The quantitative estimate of drug-likeness (QED) is 0.640. The molecular formula is C9H9N5S2. The van der Waals surface area contributed by atoms with Crippen LogP contribution in [0.1, 0.15) is 11.5 Å². The molecule has 82 valence electrons. The van der Waals surface area contributed by atoms with Gasteiger partial charge in [-0.2, -0.15) is 4.37 Å². The van der Waals surface area contributed by atoms with Crippen molar-refractivity contribution in [2.75, 3.05) is 0 Å². The second kappa shape index (κ2) is 4.58. The highest BCUT2D eigenvalue weighted by molar-refractivity contribution is 8.01. The Hall–Kier alpha value is -1.47. The van der Waals surface area contributed by atoms with Gasteiger partial charge in [-0.25, -0.2) is 4.98 Å². The van der Waals surface area contributed by atoms with Gasteiger partial charge >= 0.3 is 0 Å². The Morgan fingerprint density at radius 1 is 1.56 bits per heavy atom. The van der Waals surface area contributed by atoms with Crippen LogP contribution in [0.5, 0.6) is 0 Å². The van der Waals surface area contributed by atoms with Crippen molar-refractivity contribution in [2.24, 2.45) is 5.73 Å². The maximum absolute atomic E-state index is 7.30. The van der Waals surface area contributed by atoms with Gasteiger partial charge in [-0.1, -0.05) is 11.8 Å². The van der Waals surface area contributed by atoms with Crippen molar-refractivity contribution in [3.05, 3.63) is 29.8 Å². The third kappa shape index (κ3) is 2.56. The van der Waals surface area contributed by atoms with Crippen molar-refractivity contribution >= 4 is 29.1 Å². The van der Waals surface area contributed by atoms with E-state index in [1.165, 1.54) is 23.3 Å². The molecule has 0 fully saturated rings. The molecule has 16 heavy (non-hydrogen) atoms. The average Bonchev–Trinajstić information content (AvgIpc) is 2.64. The van der Waals surface area contributed by atoms with E-state index < -0.39 is 0 Å². The van der Waals surface area contributed by atoms with Crippen LogP contribution in [0.25, 0.3) is 0 Å². The molecule has 0 bridgehead atoms. The summed E-state index contributed by atoms with van der Waals surface area (Å²) in [5, 5.41) is 7.30. The second-order valence-corrected chi connectivity index (χ2v) is 5.07. The molecule has 0 aromatic carbocycles. The standard InChI is InChI=1S/C9H9N5S2/c1-5-13-9(16-14-5)15-6-2-3-12-7(4-6)8(10)11/h2-4H,1H3,(H3,10,11). The van der Waals surface area contributed by atoms with E-state index in [4.69, 9.17) is 11.1 Å². The van der Waals surface area contributed by atoms with Crippen LogP contribution in [0.2, 0.25) is 0 Å². The van der Waals surface area contributed by atoms with Crippen LogP contribution in [0.3, 0.4) is 0 Å².